The maximum absolute atomic E-state index is 4.42. The van der Waals surface area contributed by atoms with Crippen LogP contribution in [0.5, 0.6) is 0 Å². The maximum Gasteiger partial charge on any atom is 0.119 e. The van der Waals surface area contributed by atoms with Crippen molar-refractivity contribution in [3.05, 3.63) is 30.1 Å². The number of para-hydroxylation sites is 2. The molecule has 0 aliphatic heterocycles. The van der Waals surface area contributed by atoms with Gasteiger partial charge in [-0.15, -0.1) is 0 Å². The lowest BCUT2D eigenvalue weighted by Crippen LogP contribution is -1.88. The molecule has 0 radical (unpaired) electrons. The van der Waals surface area contributed by atoms with Crippen LogP contribution in [-0.4, -0.2) is 8.96 Å². The molecule has 1 heterocycles. The Labute approximate surface area is 76.8 Å². The van der Waals surface area contributed by atoms with E-state index in [4.69, 9.17) is 0 Å². The van der Waals surface area contributed by atoms with Crippen LogP contribution in [0.1, 0.15) is 12.7 Å². The summed E-state index contributed by atoms with van der Waals surface area (Å²) in [6, 6.07) is 8.01. The summed E-state index contributed by atoms with van der Waals surface area (Å²) in [5.41, 5.74) is 2.10. The Kier molecular flexibility index (Phi) is 1.81. The molecule has 0 saturated heterocycles. The normalized spacial score (nSPS) is 10.8. The van der Waals surface area contributed by atoms with Gasteiger partial charge in [0.15, 0.2) is 0 Å². The van der Waals surface area contributed by atoms with E-state index in [2.05, 4.69) is 24.7 Å². The van der Waals surface area contributed by atoms with Gasteiger partial charge in [-0.1, -0.05) is 31.9 Å². The Morgan fingerprint density at radius 1 is 1.42 bits per heavy atom. The summed E-state index contributed by atoms with van der Waals surface area (Å²) >= 11 is 4.35. The number of nitrogens with zero attached hydrogens (tertiary/aromatic N) is 2. The highest BCUT2D eigenvalue weighted by molar-refractivity contribution is 7.78. The van der Waals surface area contributed by atoms with Crippen LogP contribution >= 0.6 is 12.8 Å². The molecule has 2 nitrogen and oxygen atoms in total. The van der Waals surface area contributed by atoms with Gasteiger partial charge in [0.25, 0.3) is 0 Å². The average Bonchev–Trinajstić information content (AvgIpc) is 2.44. The lowest BCUT2D eigenvalue weighted by atomic mass is 10.3. The predicted octanol–water partition coefficient (Wildman–Crippen LogP) is 2.29. The van der Waals surface area contributed by atoms with E-state index in [0.29, 0.717) is 0 Å². The molecule has 62 valence electrons. The number of hydrogen-bond donors (Lipinski definition) is 1. The number of rotatable bonds is 1. The summed E-state index contributed by atoms with van der Waals surface area (Å²) in [6.45, 7) is 2.08. The Balaban J connectivity index is 2.78. The van der Waals surface area contributed by atoms with E-state index in [1.807, 2.05) is 28.2 Å². The van der Waals surface area contributed by atoms with Crippen molar-refractivity contribution < 1.29 is 0 Å². The molecule has 1 aromatic carbocycles. The van der Waals surface area contributed by atoms with E-state index in [9.17, 15) is 0 Å². The van der Waals surface area contributed by atoms with E-state index in [1.54, 1.807) is 0 Å². The Morgan fingerprint density at radius 3 is 2.83 bits per heavy atom. The number of hydrogen-bond acceptors (Lipinski definition) is 2. The zero-order valence-corrected chi connectivity index (χ0v) is 7.75. The Hall–Kier alpha value is -0.960. The van der Waals surface area contributed by atoms with Crippen LogP contribution in [0.2, 0.25) is 0 Å². The Morgan fingerprint density at radius 2 is 2.17 bits per heavy atom. The lowest BCUT2D eigenvalue weighted by molar-refractivity contribution is 0.976. The molecule has 0 atom stereocenters. The van der Waals surface area contributed by atoms with Gasteiger partial charge >= 0.3 is 0 Å². The molecule has 0 fully saturated rings. The summed E-state index contributed by atoms with van der Waals surface area (Å²) < 4.78 is 1.84. The minimum atomic E-state index is 0.915. The van der Waals surface area contributed by atoms with E-state index in [1.165, 1.54) is 0 Å². The third-order valence-electron chi connectivity index (χ3n) is 1.92. The molecule has 0 spiro atoms. The molecule has 0 bridgehead atoms. The van der Waals surface area contributed by atoms with Crippen molar-refractivity contribution in [1.82, 2.24) is 8.96 Å². The smallest absolute Gasteiger partial charge is 0.119 e. The minimum Gasteiger partial charge on any atom is -0.272 e. The molecular formula is C9H10N2S. The van der Waals surface area contributed by atoms with Gasteiger partial charge in [0.1, 0.15) is 5.82 Å². The molecule has 0 amide bonds. The van der Waals surface area contributed by atoms with Gasteiger partial charge in [-0.25, -0.2) is 4.98 Å². The van der Waals surface area contributed by atoms with Crippen LogP contribution in [0, 0.1) is 0 Å². The first-order valence-electron chi connectivity index (χ1n) is 3.98. The van der Waals surface area contributed by atoms with Crippen molar-refractivity contribution in [3.8, 4) is 0 Å². The number of imidazole rings is 1. The van der Waals surface area contributed by atoms with Gasteiger partial charge in [0.2, 0.25) is 0 Å². The third kappa shape index (κ3) is 1.01. The van der Waals surface area contributed by atoms with Crippen molar-refractivity contribution in [2.75, 3.05) is 0 Å². The van der Waals surface area contributed by atoms with Crippen LogP contribution in [0.25, 0.3) is 11.0 Å². The van der Waals surface area contributed by atoms with Crippen LogP contribution in [0.4, 0.5) is 0 Å². The molecular weight excluding hydrogens is 168 g/mol. The summed E-state index contributed by atoms with van der Waals surface area (Å²) in [5.74, 6) is 1.01. The second-order valence-corrected chi connectivity index (χ2v) is 3.08. The van der Waals surface area contributed by atoms with Crippen LogP contribution < -0.4 is 0 Å². The van der Waals surface area contributed by atoms with E-state index in [-0.39, 0.29) is 0 Å². The molecule has 12 heavy (non-hydrogen) atoms. The van der Waals surface area contributed by atoms with Gasteiger partial charge in [0, 0.05) is 6.42 Å². The summed E-state index contributed by atoms with van der Waals surface area (Å²) in [4.78, 5) is 4.42. The van der Waals surface area contributed by atoms with Crippen molar-refractivity contribution in [3.63, 3.8) is 0 Å². The minimum absolute atomic E-state index is 0.915. The molecule has 1 aromatic heterocycles. The first-order chi connectivity index (χ1) is 5.83. The van der Waals surface area contributed by atoms with Gasteiger partial charge in [-0.05, 0) is 12.1 Å². The summed E-state index contributed by atoms with van der Waals surface area (Å²) in [7, 11) is 0. The molecule has 0 aliphatic rings. The quantitative estimate of drug-likeness (QED) is 0.663. The Bertz CT molecular complexity index is 406. The molecule has 0 aliphatic carbocycles. The number of aryl methyl sites for hydroxylation is 1. The SMILES string of the molecule is CCc1nc2ccccc2n1S. The summed E-state index contributed by atoms with van der Waals surface area (Å²) in [6.07, 6.45) is 0.915. The van der Waals surface area contributed by atoms with Crippen molar-refractivity contribution in [2.45, 2.75) is 13.3 Å². The maximum atomic E-state index is 4.42. The summed E-state index contributed by atoms with van der Waals surface area (Å²) in [5, 5.41) is 0. The fourth-order valence-electron chi connectivity index (χ4n) is 1.29. The van der Waals surface area contributed by atoms with Crippen LogP contribution in [0.3, 0.4) is 0 Å². The first kappa shape index (κ1) is 7.68. The van der Waals surface area contributed by atoms with Crippen molar-refractivity contribution in [1.29, 1.82) is 0 Å². The second kappa shape index (κ2) is 2.83. The van der Waals surface area contributed by atoms with Gasteiger partial charge in [0.05, 0.1) is 11.0 Å². The van der Waals surface area contributed by atoms with Crippen LogP contribution in [-0.2, 0) is 6.42 Å². The highest BCUT2D eigenvalue weighted by atomic mass is 32.1. The average molecular weight is 178 g/mol. The molecule has 0 saturated carbocycles. The van der Waals surface area contributed by atoms with Crippen molar-refractivity contribution >= 4 is 23.8 Å². The highest BCUT2D eigenvalue weighted by Crippen LogP contribution is 2.16. The molecule has 2 aromatic rings. The third-order valence-corrected chi connectivity index (χ3v) is 2.37. The van der Waals surface area contributed by atoms with E-state index >= 15 is 0 Å². The van der Waals surface area contributed by atoms with Crippen LogP contribution in [0.15, 0.2) is 24.3 Å². The predicted molar refractivity (Wildman–Crippen MR) is 53.5 cm³/mol. The number of aromatic nitrogens is 2. The van der Waals surface area contributed by atoms with Gasteiger partial charge in [-0.2, -0.15) is 0 Å². The van der Waals surface area contributed by atoms with E-state index < -0.39 is 0 Å². The topological polar surface area (TPSA) is 17.8 Å². The second-order valence-electron chi connectivity index (χ2n) is 2.68. The number of benzene rings is 1. The fourth-order valence-corrected chi connectivity index (χ4v) is 1.65. The zero-order valence-electron chi connectivity index (χ0n) is 6.86. The molecule has 0 N–H and O–H groups in total. The lowest BCUT2D eigenvalue weighted by Gasteiger charge is -1.94. The van der Waals surface area contributed by atoms with E-state index in [0.717, 1.165) is 23.3 Å². The molecule has 0 unspecified atom stereocenters. The van der Waals surface area contributed by atoms with Gasteiger partial charge in [-0.3, -0.25) is 3.97 Å². The fraction of sp³-hybridized carbons (Fsp3) is 0.222. The number of thiol groups is 1. The number of fused-ring (bicyclic) bond motifs is 1. The zero-order chi connectivity index (χ0) is 8.55. The first-order valence-corrected chi connectivity index (χ1v) is 4.38. The monoisotopic (exact) mass is 178 g/mol. The molecule has 2 rings (SSSR count). The van der Waals surface area contributed by atoms with Crippen molar-refractivity contribution in [2.24, 2.45) is 0 Å². The highest BCUT2D eigenvalue weighted by Gasteiger charge is 2.04. The standard InChI is InChI=1S/C9H10N2S/c1-2-9-10-7-5-3-4-6-8(7)11(9)12/h3-6,12H,2H2,1H3. The largest absolute Gasteiger partial charge is 0.272 e. The molecule has 3 heteroatoms. The van der Waals surface area contributed by atoms with Gasteiger partial charge < -0.3 is 0 Å².